The summed E-state index contributed by atoms with van der Waals surface area (Å²) in [5.74, 6) is -0.161. The summed E-state index contributed by atoms with van der Waals surface area (Å²) in [6.45, 7) is 1.52. The van der Waals surface area contributed by atoms with Crippen molar-refractivity contribution >= 4 is 18.0 Å². The van der Waals surface area contributed by atoms with E-state index in [0.29, 0.717) is 13.0 Å². The van der Waals surface area contributed by atoms with Gasteiger partial charge in [-0.25, -0.2) is 9.78 Å². The Bertz CT molecular complexity index is 552. The Labute approximate surface area is 117 Å². The van der Waals surface area contributed by atoms with Gasteiger partial charge in [0.1, 0.15) is 11.5 Å². The number of carbonyl (C=O) groups is 1. The molecule has 20 heavy (non-hydrogen) atoms. The lowest BCUT2D eigenvalue weighted by Crippen LogP contribution is -2.14. The number of hydrogen-bond donors (Lipinski definition) is 3. The highest BCUT2D eigenvalue weighted by atomic mass is 16.4. The molecule has 0 spiro atoms. The molecule has 0 radical (unpaired) electrons. The molecule has 0 bridgehead atoms. The summed E-state index contributed by atoms with van der Waals surface area (Å²) in [5, 5.41) is 11.8. The number of rotatable bonds is 5. The van der Waals surface area contributed by atoms with Gasteiger partial charge in [0.15, 0.2) is 0 Å². The Kier molecular flexibility index (Phi) is 4.70. The van der Waals surface area contributed by atoms with E-state index in [0.717, 1.165) is 30.9 Å². The minimum absolute atomic E-state index is 0.218. The predicted octanol–water partition coefficient (Wildman–Crippen LogP) is 0.980. The number of nitrogens with two attached hydrogens (primary N) is 1. The van der Waals surface area contributed by atoms with Gasteiger partial charge in [-0.15, -0.1) is 0 Å². The average molecular weight is 274 g/mol. The minimum Gasteiger partial charge on any atom is -0.477 e. The summed E-state index contributed by atoms with van der Waals surface area (Å²) in [7, 11) is 0. The van der Waals surface area contributed by atoms with Gasteiger partial charge in [-0.2, -0.15) is 0 Å². The second-order valence-corrected chi connectivity index (χ2v) is 4.57. The molecule has 106 valence electrons. The van der Waals surface area contributed by atoms with Crippen LogP contribution in [-0.2, 0) is 17.6 Å². The van der Waals surface area contributed by atoms with E-state index in [1.54, 1.807) is 0 Å². The molecule has 0 fully saturated rings. The number of allylic oxidation sites excluding steroid dienone is 1. The fourth-order valence-electron chi connectivity index (χ4n) is 1.97. The average Bonchev–Trinajstić information content (AvgIpc) is 2.46. The fraction of sp³-hybridized carbons (Fsp3) is 0.357. The third kappa shape index (κ3) is 3.81. The van der Waals surface area contributed by atoms with Gasteiger partial charge in [-0.1, -0.05) is 6.07 Å². The minimum atomic E-state index is -1.14. The highest BCUT2D eigenvalue weighted by molar-refractivity contribution is 5.91. The second kappa shape index (κ2) is 6.70. The van der Waals surface area contributed by atoms with Crippen molar-refractivity contribution in [1.29, 1.82) is 0 Å². The van der Waals surface area contributed by atoms with Gasteiger partial charge in [0.25, 0.3) is 0 Å². The number of aromatic nitrogens is 1. The van der Waals surface area contributed by atoms with E-state index >= 15 is 0 Å². The van der Waals surface area contributed by atoms with Gasteiger partial charge in [0, 0.05) is 31.4 Å². The number of carboxylic acid groups (broad SMARTS) is 1. The standard InChI is InChI=1S/C14H18N4O2/c15-12(14(19)20)6-9-16-8-5-11-4-3-10-2-1-7-17-13(10)18-11/h3-4,6,9H,1-2,5,7-8,15H2,(H,17,18)(H,19,20). The monoisotopic (exact) mass is 274 g/mol. The van der Waals surface area contributed by atoms with Crippen molar-refractivity contribution in [3.8, 4) is 0 Å². The van der Waals surface area contributed by atoms with Crippen LogP contribution in [0.3, 0.4) is 0 Å². The van der Waals surface area contributed by atoms with Crippen LogP contribution in [0.2, 0.25) is 0 Å². The fourth-order valence-corrected chi connectivity index (χ4v) is 1.97. The molecule has 0 aromatic carbocycles. The predicted molar refractivity (Wildman–Crippen MR) is 78.0 cm³/mol. The van der Waals surface area contributed by atoms with E-state index in [2.05, 4.69) is 21.4 Å². The number of carboxylic acids is 1. The van der Waals surface area contributed by atoms with Crippen LogP contribution >= 0.6 is 0 Å². The smallest absolute Gasteiger partial charge is 0.351 e. The second-order valence-electron chi connectivity index (χ2n) is 4.57. The summed E-state index contributed by atoms with van der Waals surface area (Å²) >= 11 is 0. The van der Waals surface area contributed by atoms with Crippen molar-refractivity contribution < 1.29 is 9.90 Å². The molecule has 1 aliphatic rings. The highest BCUT2D eigenvalue weighted by Crippen LogP contribution is 2.19. The number of aliphatic imine (C=N–C) groups is 1. The quantitative estimate of drug-likeness (QED) is 0.549. The van der Waals surface area contributed by atoms with Gasteiger partial charge in [0.2, 0.25) is 0 Å². The molecular formula is C14H18N4O2. The normalized spacial score (nSPS) is 14.9. The molecule has 1 aliphatic heterocycles. The Morgan fingerprint density at radius 1 is 1.55 bits per heavy atom. The molecule has 0 amide bonds. The lowest BCUT2D eigenvalue weighted by atomic mass is 10.1. The largest absolute Gasteiger partial charge is 0.477 e. The van der Waals surface area contributed by atoms with Crippen LogP contribution < -0.4 is 11.1 Å². The Morgan fingerprint density at radius 2 is 2.40 bits per heavy atom. The molecule has 4 N–H and O–H groups in total. The molecule has 0 saturated heterocycles. The maximum absolute atomic E-state index is 10.4. The molecule has 0 atom stereocenters. The van der Waals surface area contributed by atoms with Gasteiger partial charge in [-0.3, -0.25) is 4.99 Å². The molecule has 0 aliphatic carbocycles. The lowest BCUT2D eigenvalue weighted by Gasteiger charge is -2.17. The molecule has 2 heterocycles. The zero-order chi connectivity index (χ0) is 14.4. The van der Waals surface area contributed by atoms with Crippen LogP contribution in [0.25, 0.3) is 0 Å². The van der Waals surface area contributed by atoms with Crippen LogP contribution in [0.4, 0.5) is 5.82 Å². The van der Waals surface area contributed by atoms with Crippen LogP contribution in [0.15, 0.2) is 28.9 Å². The molecule has 0 saturated carbocycles. The van der Waals surface area contributed by atoms with Gasteiger partial charge in [-0.05, 0) is 30.5 Å². The van der Waals surface area contributed by atoms with E-state index in [9.17, 15) is 4.79 Å². The summed E-state index contributed by atoms with van der Waals surface area (Å²) < 4.78 is 0. The van der Waals surface area contributed by atoms with E-state index < -0.39 is 5.97 Å². The van der Waals surface area contributed by atoms with Crippen molar-refractivity contribution in [2.24, 2.45) is 10.7 Å². The van der Waals surface area contributed by atoms with Crippen molar-refractivity contribution in [1.82, 2.24) is 4.98 Å². The first-order valence-corrected chi connectivity index (χ1v) is 6.58. The van der Waals surface area contributed by atoms with E-state index in [4.69, 9.17) is 10.8 Å². The number of fused-ring (bicyclic) bond motifs is 1. The molecule has 6 heteroatoms. The number of anilines is 1. The first kappa shape index (κ1) is 14.0. The van der Waals surface area contributed by atoms with Crippen molar-refractivity contribution in [2.75, 3.05) is 18.4 Å². The third-order valence-corrected chi connectivity index (χ3v) is 3.06. The lowest BCUT2D eigenvalue weighted by molar-refractivity contribution is -0.132. The van der Waals surface area contributed by atoms with Gasteiger partial charge in [0.05, 0.1) is 0 Å². The summed E-state index contributed by atoms with van der Waals surface area (Å²) in [6.07, 6.45) is 5.64. The Morgan fingerprint density at radius 3 is 3.20 bits per heavy atom. The van der Waals surface area contributed by atoms with E-state index in [1.807, 2.05) is 6.07 Å². The van der Waals surface area contributed by atoms with E-state index in [1.165, 1.54) is 17.9 Å². The zero-order valence-electron chi connectivity index (χ0n) is 11.2. The van der Waals surface area contributed by atoms with Gasteiger partial charge < -0.3 is 16.2 Å². The topological polar surface area (TPSA) is 101 Å². The molecule has 2 rings (SSSR count). The Hall–Kier alpha value is -2.37. The Balaban J connectivity index is 1.87. The van der Waals surface area contributed by atoms with Crippen molar-refractivity contribution in [3.05, 3.63) is 35.2 Å². The van der Waals surface area contributed by atoms with E-state index in [-0.39, 0.29) is 5.70 Å². The van der Waals surface area contributed by atoms with Crippen molar-refractivity contribution in [2.45, 2.75) is 19.3 Å². The summed E-state index contributed by atoms with van der Waals surface area (Å²) in [4.78, 5) is 19.1. The highest BCUT2D eigenvalue weighted by Gasteiger charge is 2.09. The number of nitrogens with one attached hydrogen (secondary N) is 1. The third-order valence-electron chi connectivity index (χ3n) is 3.06. The molecule has 6 nitrogen and oxygen atoms in total. The first-order valence-electron chi connectivity index (χ1n) is 6.58. The number of hydrogen-bond acceptors (Lipinski definition) is 5. The SMILES string of the molecule is NC(=CC=NCCc1ccc2c(n1)NCCC2)C(=O)O. The molecule has 1 aromatic heterocycles. The van der Waals surface area contributed by atoms with Crippen molar-refractivity contribution in [3.63, 3.8) is 0 Å². The summed E-state index contributed by atoms with van der Waals surface area (Å²) in [6, 6.07) is 4.12. The van der Waals surface area contributed by atoms with Crippen LogP contribution in [0.1, 0.15) is 17.7 Å². The van der Waals surface area contributed by atoms with Gasteiger partial charge >= 0.3 is 5.97 Å². The first-order chi connectivity index (χ1) is 9.66. The van der Waals surface area contributed by atoms with Crippen LogP contribution in [0, 0.1) is 0 Å². The number of aryl methyl sites for hydroxylation is 1. The summed E-state index contributed by atoms with van der Waals surface area (Å²) in [5.41, 5.74) is 7.26. The molecular weight excluding hydrogens is 256 g/mol. The maximum Gasteiger partial charge on any atom is 0.351 e. The maximum atomic E-state index is 10.4. The van der Waals surface area contributed by atoms with Crippen LogP contribution in [-0.4, -0.2) is 35.4 Å². The number of nitrogens with zero attached hydrogens (tertiary/aromatic N) is 2. The number of aliphatic carboxylic acids is 1. The zero-order valence-corrected chi connectivity index (χ0v) is 11.2. The molecule has 1 aromatic rings. The van der Waals surface area contributed by atoms with Crippen LogP contribution in [0.5, 0.6) is 0 Å². The molecule has 0 unspecified atom stereocenters. The number of pyridine rings is 1.